The highest BCUT2D eigenvalue weighted by atomic mass is 32.2. The van der Waals surface area contributed by atoms with E-state index in [1.807, 2.05) is 0 Å². The van der Waals surface area contributed by atoms with Gasteiger partial charge in [-0.05, 0) is 37.3 Å². The summed E-state index contributed by atoms with van der Waals surface area (Å²) in [5, 5.41) is 3.01. The van der Waals surface area contributed by atoms with Crippen molar-refractivity contribution >= 4 is 38.7 Å². The SMILES string of the molecule is CNC(=O)c1c(-c2ccc(F)cc2)oc2cc3c(cc12)[C@H](C)O[C@H](COC(=O)OCCOCCOCCOC)CN3S(C)(=O)=O. The molecule has 4 rings (SSSR count). The number of fused-ring (bicyclic) bond motifs is 2. The monoisotopic (exact) mass is 652 g/mol. The fourth-order valence-corrected chi connectivity index (χ4v) is 5.74. The van der Waals surface area contributed by atoms with Gasteiger partial charge in [-0.1, -0.05) is 0 Å². The number of carbonyl (C=O) groups is 2. The predicted octanol–water partition coefficient (Wildman–Crippen LogP) is 3.66. The Balaban J connectivity index is 1.49. The Morgan fingerprint density at radius 3 is 2.33 bits per heavy atom. The molecule has 2 aromatic carbocycles. The molecule has 0 spiro atoms. The van der Waals surface area contributed by atoms with Gasteiger partial charge in [0.25, 0.3) is 5.91 Å². The maximum absolute atomic E-state index is 13.6. The number of hydrogen-bond acceptors (Lipinski definition) is 11. The molecule has 3 aromatic rings. The van der Waals surface area contributed by atoms with Gasteiger partial charge in [-0.3, -0.25) is 9.10 Å². The van der Waals surface area contributed by atoms with E-state index in [2.05, 4.69) is 5.32 Å². The van der Waals surface area contributed by atoms with Crippen LogP contribution in [0.4, 0.5) is 14.9 Å². The van der Waals surface area contributed by atoms with Crippen molar-refractivity contribution in [3.63, 3.8) is 0 Å². The molecule has 45 heavy (non-hydrogen) atoms. The minimum absolute atomic E-state index is 0.0492. The summed E-state index contributed by atoms with van der Waals surface area (Å²) in [6.07, 6.45) is -1.44. The number of ether oxygens (including phenoxy) is 6. The minimum Gasteiger partial charge on any atom is -0.455 e. The average Bonchev–Trinajstić information content (AvgIpc) is 3.31. The smallest absolute Gasteiger partial charge is 0.455 e. The number of sulfonamides is 1. The summed E-state index contributed by atoms with van der Waals surface area (Å²) >= 11 is 0. The van der Waals surface area contributed by atoms with Gasteiger partial charge in [-0.2, -0.15) is 0 Å². The molecule has 15 heteroatoms. The van der Waals surface area contributed by atoms with E-state index in [1.165, 1.54) is 37.4 Å². The van der Waals surface area contributed by atoms with Crippen molar-refractivity contribution in [2.75, 3.05) is 77.5 Å². The Morgan fingerprint density at radius 1 is 1.02 bits per heavy atom. The van der Waals surface area contributed by atoms with Crippen molar-refractivity contribution in [3.05, 3.63) is 53.3 Å². The first kappa shape index (κ1) is 34.1. The molecule has 0 saturated carbocycles. The molecule has 2 heterocycles. The lowest BCUT2D eigenvalue weighted by molar-refractivity contribution is -0.0445. The molecule has 246 valence electrons. The van der Waals surface area contributed by atoms with E-state index in [0.29, 0.717) is 42.9 Å². The number of rotatable bonds is 14. The normalized spacial score (nSPS) is 16.7. The number of amides is 1. The van der Waals surface area contributed by atoms with Crippen molar-refractivity contribution in [1.82, 2.24) is 5.32 Å². The summed E-state index contributed by atoms with van der Waals surface area (Å²) in [6, 6.07) is 8.66. The van der Waals surface area contributed by atoms with E-state index in [9.17, 15) is 22.4 Å². The summed E-state index contributed by atoms with van der Waals surface area (Å²) in [5.74, 6) is -0.690. The van der Waals surface area contributed by atoms with Gasteiger partial charge in [-0.15, -0.1) is 0 Å². The van der Waals surface area contributed by atoms with Crippen LogP contribution in [-0.2, 0) is 38.4 Å². The van der Waals surface area contributed by atoms with Crippen LogP contribution in [0.25, 0.3) is 22.3 Å². The average molecular weight is 653 g/mol. The molecular weight excluding hydrogens is 615 g/mol. The minimum atomic E-state index is -3.85. The van der Waals surface area contributed by atoms with Gasteiger partial charge >= 0.3 is 6.16 Å². The van der Waals surface area contributed by atoms with Crippen LogP contribution in [0, 0.1) is 5.82 Å². The van der Waals surface area contributed by atoms with Crippen molar-refractivity contribution in [3.8, 4) is 11.3 Å². The number of hydrogen-bond donors (Lipinski definition) is 1. The highest BCUT2D eigenvalue weighted by Gasteiger charge is 2.34. The van der Waals surface area contributed by atoms with E-state index in [0.717, 1.165) is 10.6 Å². The van der Waals surface area contributed by atoms with E-state index >= 15 is 0 Å². The van der Waals surface area contributed by atoms with Crippen LogP contribution in [-0.4, -0.2) is 99.8 Å². The van der Waals surface area contributed by atoms with Gasteiger partial charge in [0.2, 0.25) is 10.0 Å². The summed E-state index contributed by atoms with van der Waals surface area (Å²) in [4.78, 5) is 25.2. The van der Waals surface area contributed by atoms with Crippen LogP contribution in [0.2, 0.25) is 0 Å². The van der Waals surface area contributed by atoms with Crippen molar-refractivity contribution in [1.29, 1.82) is 0 Å². The lowest BCUT2D eigenvalue weighted by Crippen LogP contribution is -2.39. The Morgan fingerprint density at radius 2 is 1.69 bits per heavy atom. The summed E-state index contributed by atoms with van der Waals surface area (Å²) in [6.45, 7) is 2.98. The first-order valence-electron chi connectivity index (χ1n) is 14.2. The zero-order chi connectivity index (χ0) is 32.6. The van der Waals surface area contributed by atoms with Gasteiger partial charge in [0.15, 0.2) is 0 Å². The van der Waals surface area contributed by atoms with Gasteiger partial charge in [0.1, 0.15) is 36.5 Å². The molecule has 13 nitrogen and oxygen atoms in total. The topological polar surface area (TPSA) is 152 Å². The van der Waals surface area contributed by atoms with E-state index in [-0.39, 0.29) is 49.0 Å². The van der Waals surface area contributed by atoms with Crippen molar-refractivity contribution in [2.45, 2.75) is 19.1 Å². The van der Waals surface area contributed by atoms with E-state index in [4.69, 9.17) is 32.8 Å². The second kappa shape index (κ2) is 15.5. The highest BCUT2D eigenvalue weighted by molar-refractivity contribution is 7.92. The van der Waals surface area contributed by atoms with Crippen LogP contribution in [0.15, 0.2) is 40.8 Å². The lowest BCUT2D eigenvalue weighted by atomic mass is 10.0. The molecule has 1 aliphatic heterocycles. The van der Waals surface area contributed by atoms with Gasteiger partial charge in [0, 0.05) is 36.7 Å². The molecule has 0 bridgehead atoms. The molecule has 0 aliphatic carbocycles. The molecule has 0 fully saturated rings. The van der Waals surface area contributed by atoms with Crippen LogP contribution in [0.1, 0.15) is 28.9 Å². The lowest BCUT2D eigenvalue weighted by Gasteiger charge is -2.24. The number of nitrogens with zero attached hydrogens (tertiary/aromatic N) is 1. The highest BCUT2D eigenvalue weighted by Crippen LogP contribution is 2.42. The molecule has 2 atom stereocenters. The largest absolute Gasteiger partial charge is 0.508 e. The maximum atomic E-state index is 13.6. The number of furan rings is 1. The number of methoxy groups -OCH3 is 1. The van der Waals surface area contributed by atoms with Gasteiger partial charge in [-0.25, -0.2) is 17.6 Å². The zero-order valence-corrected chi connectivity index (χ0v) is 26.3. The molecule has 0 unspecified atom stereocenters. The third kappa shape index (κ3) is 8.70. The number of nitrogens with one attached hydrogen (secondary N) is 1. The predicted molar refractivity (Wildman–Crippen MR) is 161 cm³/mol. The molecular formula is C30H37FN2O11S. The fraction of sp³-hybridized carbons (Fsp3) is 0.467. The molecule has 1 N–H and O–H groups in total. The zero-order valence-electron chi connectivity index (χ0n) is 25.5. The van der Waals surface area contributed by atoms with Crippen LogP contribution in [0.5, 0.6) is 0 Å². The van der Waals surface area contributed by atoms with E-state index in [1.54, 1.807) is 20.1 Å². The Labute approximate surface area is 260 Å². The van der Waals surface area contributed by atoms with E-state index < -0.39 is 40.1 Å². The quantitative estimate of drug-likeness (QED) is 0.201. The maximum Gasteiger partial charge on any atom is 0.508 e. The number of carbonyl (C=O) groups excluding carboxylic acids is 2. The van der Waals surface area contributed by atoms with Crippen LogP contribution < -0.4 is 9.62 Å². The Kier molecular flexibility index (Phi) is 11.7. The van der Waals surface area contributed by atoms with Crippen molar-refractivity contribution in [2.24, 2.45) is 0 Å². The first-order chi connectivity index (χ1) is 21.5. The first-order valence-corrected chi connectivity index (χ1v) is 16.0. The second-order valence-electron chi connectivity index (χ2n) is 10.1. The number of halogens is 1. The Hall–Kier alpha value is -3.76. The molecule has 1 aromatic heterocycles. The number of anilines is 1. The molecule has 1 amide bonds. The standard InChI is InChI=1S/C30H37FN2O11S/c1-19-23-15-24-26(44-28(27(24)29(34)32-2)20-5-7-21(31)8-6-20)16-25(23)33(45(4,36)37)17-22(43-19)18-42-30(35)41-14-13-40-12-11-39-10-9-38-3/h5-8,15-16,19,22H,9-14,17-18H2,1-4H3,(H,32,34)/t19-,22-/m0/s1. The summed E-state index contributed by atoms with van der Waals surface area (Å²) in [7, 11) is -0.801. The Bertz CT molecular complexity index is 1580. The summed E-state index contributed by atoms with van der Waals surface area (Å²) < 4.78 is 78.7. The van der Waals surface area contributed by atoms with Crippen LogP contribution in [0.3, 0.4) is 0 Å². The second-order valence-corrected chi connectivity index (χ2v) is 12.0. The molecule has 0 radical (unpaired) electrons. The van der Waals surface area contributed by atoms with Crippen LogP contribution >= 0.6 is 0 Å². The third-order valence-corrected chi connectivity index (χ3v) is 8.06. The number of benzene rings is 2. The van der Waals surface area contributed by atoms with Gasteiger partial charge < -0.3 is 38.2 Å². The third-order valence-electron chi connectivity index (χ3n) is 6.91. The van der Waals surface area contributed by atoms with Crippen molar-refractivity contribution < 1.29 is 55.2 Å². The molecule has 1 aliphatic rings. The summed E-state index contributed by atoms with van der Waals surface area (Å²) in [5.41, 5.74) is 1.67. The molecule has 0 saturated heterocycles. The van der Waals surface area contributed by atoms with Gasteiger partial charge in [0.05, 0.1) is 63.2 Å². The fourth-order valence-electron chi connectivity index (χ4n) is 4.79.